The van der Waals surface area contributed by atoms with Crippen molar-refractivity contribution in [2.24, 2.45) is 17.6 Å². The fraction of sp³-hybridized carbons (Fsp3) is 1.00. The molecule has 0 atom stereocenters. The van der Waals surface area contributed by atoms with Gasteiger partial charge in [-0.2, -0.15) is 8.42 Å². The average molecular weight is 235 g/mol. The monoisotopic (exact) mass is 235 g/mol. The predicted molar refractivity (Wildman–Crippen MR) is 60.5 cm³/mol. The van der Waals surface area contributed by atoms with Gasteiger partial charge in [0.2, 0.25) is 0 Å². The van der Waals surface area contributed by atoms with E-state index in [9.17, 15) is 8.42 Å². The van der Waals surface area contributed by atoms with Crippen LogP contribution < -0.4 is 15.2 Å². The Hall–Kier alpha value is -0.170. The Kier molecular flexibility index (Phi) is 4.51. The Morgan fingerprint density at radius 1 is 1.33 bits per heavy atom. The van der Waals surface area contributed by atoms with Gasteiger partial charge in [-0.3, -0.25) is 0 Å². The second-order valence-corrected chi connectivity index (χ2v) is 6.28. The van der Waals surface area contributed by atoms with Crippen molar-refractivity contribution in [2.75, 3.05) is 13.1 Å². The maximum absolute atomic E-state index is 11.4. The van der Waals surface area contributed by atoms with E-state index in [2.05, 4.69) is 9.44 Å². The molecule has 15 heavy (non-hydrogen) atoms. The van der Waals surface area contributed by atoms with E-state index in [0.717, 1.165) is 12.8 Å². The van der Waals surface area contributed by atoms with Crippen LogP contribution in [-0.4, -0.2) is 27.5 Å². The minimum absolute atomic E-state index is 0.267. The molecule has 0 aromatic carbocycles. The molecule has 0 bridgehead atoms. The molecule has 0 amide bonds. The van der Waals surface area contributed by atoms with Crippen molar-refractivity contribution in [1.82, 2.24) is 9.44 Å². The maximum Gasteiger partial charge on any atom is 0.276 e. The normalized spacial score (nSPS) is 26.7. The highest BCUT2D eigenvalue weighted by Crippen LogP contribution is 2.24. The SMILES string of the molecule is CC(C)CNS(=O)(=O)NCC1CC(N)C1. The highest BCUT2D eigenvalue weighted by molar-refractivity contribution is 7.87. The molecule has 1 aliphatic rings. The molecule has 0 radical (unpaired) electrons. The molecule has 0 heterocycles. The van der Waals surface area contributed by atoms with E-state index < -0.39 is 10.2 Å². The molecule has 0 spiro atoms. The minimum Gasteiger partial charge on any atom is -0.328 e. The highest BCUT2D eigenvalue weighted by atomic mass is 32.2. The van der Waals surface area contributed by atoms with Crippen LogP contribution in [0.4, 0.5) is 0 Å². The van der Waals surface area contributed by atoms with E-state index in [1.165, 1.54) is 0 Å². The number of nitrogens with two attached hydrogens (primary N) is 1. The van der Waals surface area contributed by atoms with Crippen molar-refractivity contribution in [3.8, 4) is 0 Å². The molecule has 6 heteroatoms. The van der Waals surface area contributed by atoms with Gasteiger partial charge < -0.3 is 5.73 Å². The van der Waals surface area contributed by atoms with E-state index in [1.807, 2.05) is 13.8 Å². The first-order chi connectivity index (χ1) is 6.89. The lowest BCUT2D eigenvalue weighted by molar-refractivity contribution is 0.266. The van der Waals surface area contributed by atoms with Gasteiger partial charge in [-0.05, 0) is 24.7 Å². The van der Waals surface area contributed by atoms with E-state index in [1.54, 1.807) is 0 Å². The Labute approximate surface area is 92.0 Å². The Bertz CT molecular complexity index is 284. The van der Waals surface area contributed by atoms with Crippen LogP contribution in [-0.2, 0) is 10.2 Å². The zero-order chi connectivity index (χ0) is 11.5. The molecule has 4 N–H and O–H groups in total. The third-order valence-electron chi connectivity index (χ3n) is 2.52. The van der Waals surface area contributed by atoms with Crippen LogP contribution in [0.25, 0.3) is 0 Å². The smallest absolute Gasteiger partial charge is 0.276 e. The molecule has 1 saturated carbocycles. The Morgan fingerprint density at radius 2 is 1.93 bits per heavy atom. The molecule has 0 aromatic rings. The number of rotatable bonds is 6. The van der Waals surface area contributed by atoms with Crippen LogP contribution in [0, 0.1) is 11.8 Å². The largest absolute Gasteiger partial charge is 0.328 e. The summed E-state index contributed by atoms with van der Waals surface area (Å²) in [5.41, 5.74) is 5.61. The topological polar surface area (TPSA) is 84.2 Å². The van der Waals surface area contributed by atoms with E-state index >= 15 is 0 Å². The summed E-state index contributed by atoms with van der Waals surface area (Å²) in [5.74, 6) is 0.731. The maximum atomic E-state index is 11.4. The molecule has 0 saturated heterocycles. The van der Waals surface area contributed by atoms with Gasteiger partial charge in [-0.1, -0.05) is 13.8 Å². The lowest BCUT2D eigenvalue weighted by Crippen LogP contribution is -2.46. The first kappa shape index (κ1) is 12.9. The fourth-order valence-corrected chi connectivity index (χ4v) is 2.62. The average Bonchev–Trinajstić information content (AvgIpc) is 2.08. The van der Waals surface area contributed by atoms with Crippen LogP contribution in [0.2, 0.25) is 0 Å². The third-order valence-corrected chi connectivity index (χ3v) is 3.61. The zero-order valence-corrected chi connectivity index (χ0v) is 10.2. The van der Waals surface area contributed by atoms with Gasteiger partial charge >= 0.3 is 0 Å². The van der Waals surface area contributed by atoms with E-state index in [4.69, 9.17) is 5.73 Å². The van der Waals surface area contributed by atoms with Crippen LogP contribution in [0.15, 0.2) is 0 Å². The molecular weight excluding hydrogens is 214 g/mol. The molecule has 1 fully saturated rings. The zero-order valence-electron chi connectivity index (χ0n) is 9.36. The predicted octanol–water partition coefficient (Wildman–Crippen LogP) is -0.196. The van der Waals surface area contributed by atoms with Crippen LogP contribution >= 0.6 is 0 Å². The number of hydrogen-bond donors (Lipinski definition) is 3. The standard InChI is InChI=1S/C9H21N3O2S/c1-7(2)5-11-15(13,14)12-6-8-3-9(10)4-8/h7-9,11-12H,3-6,10H2,1-2H3. The Morgan fingerprint density at radius 3 is 2.40 bits per heavy atom. The quantitative estimate of drug-likeness (QED) is 0.596. The van der Waals surface area contributed by atoms with Crippen molar-refractivity contribution in [3.05, 3.63) is 0 Å². The third kappa shape index (κ3) is 4.92. The fourth-order valence-electron chi connectivity index (χ4n) is 1.51. The summed E-state index contributed by atoms with van der Waals surface area (Å²) >= 11 is 0. The summed E-state index contributed by atoms with van der Waals surface area (Å²) < 4.78 is 27.9. The summed E-state index contributed by atoms with van der Waals surface area (Å²) in [5, 5.41) is 0. The summed E-state index contributed by atoms with van der Waals surface area (Å²) in [6.07, 6.45) is 1.85. The van der Waals surface area contributed by atoms with Crippen molar-refractivity contribution < 1.29 is 8.42 Å². The first-order valence-corrected chi connectivity index (χ1v) is 6.87. The Balaban J connectivity index is 2.18. The lowest BCUT2D eigenvalue weighted by Gasteiger charge is -2.32. The first-order valence-electron chi connectivity index (χ1n) is 5.39. The van der Waals surface area contributed by atoms with Crippen LogP contribution in [0.3, 0.4) is 0 Å². The minimum atomic E-state index is -3.31. The van der Waals surface area contributed by atoms with Gasteiger partial charge in [-0.25, -0.2) is 9.44 Å². The molecule has 5 nitrogen and oxygen atoms in total. The van der Waals surface area contributed by atoms with Crippen LogP contribution in [0.5, 0.6) is 0 Å². The van der Waals surface area contributed by atoms with Crippen molar-refractivity contribution in [1.29, 1.82) is 0 Å². The number of nitrogens with one attached hydrogen (secondary N) is 2. The molecule has 90 valence electrons. The van der Waals surface area contributed by atoms with Crippen molar-refractivity contribution >= 4 is 10.2 Å². The number of hydrogen-bond acceptors (Lipinski definition) is 3. The van der Waals surface area contributed by atoms with E-state index in [0.29, 0.717) is 24.9 Å². The summed E-state index contributed by atoms with van der Waals surface area (Å²) in [7, 11) is -3.31. The summed E-state index contributed by atoms with van der Waals surface area (Å²) in [6.45, 7) is 4.90. The van der Waals surface area contributed by atoms with Gasteiger partial charge in [0.05, 0.1) is 0 Å². The van der Waals surface area contributed by atoms with Gasteiger partial charge in [0.1, 0.15) is 0 Å². The molecule has 0 aliphatic heterocycles. The van der Waals surface area contributed by atoms with Gasteiger partial charge in [0, 0.05) is 19.1 Å². The van der Waals surface area contributed by atoms with E-state index in [-0.39, 0.29) is 6.04 Å². The molecule has 0 unspecified atom stereocenters. The summed E-state index contributed by atoms with van der Waals surface area (Å²) in [6, 6.07) is 0.267. The highest BCUT2D eigenvalue weighted by Gasteiger charge is 2.26. The van der Waals surface area contributed by atoms with Crippen molar-refractivity contribution in [2.45, 2.75) is 32.7 Å². The summed E-state index contributed by atoms with van der Waals surface area (Å²) in [4.78, 5) is 0. The lowest BCUT2D eigenvalue weighted by atomic mass is 9.81. The molecule has 1 aliphatic carbocycles. The van der Waals surface area contributed by atoms with Gasteiger partial charge in [0.15, 0.2) is 0 Å². The molecule has 0 aromatic heterocycles. The van der Waals surface area contributed by atoms with Gasteiger partial charge in [0.25, 0.3) is 10.2 Å². The molecular formula is C9H21N3O2S. The second kappa shape index (κ2) is 5.25. The van der Waals surface area contributed by atoms with Gasteiger partial charge in [-0.15, -0.1) is 0 Å². The molecule has 1 rings (SSSR count). The van der Waals surface area contributed by atoms with Crippen LogP contribution in [0.1, 0.15) is 26.7 Å². The van der Waals surface area contributed by atoms with Crippen molar-refractivity contribution in [3.63, 3.8) is 0 Å². The second-order valence-electron chi connectivity index (χ2n) is 4.69.